The highest BCUT2D eigenvalue weighted by molar-refractivity contribution is 7.86. The zero-order valence-corrected chi connectivity index (χ0v) is 16.6. The third-order valence-electron chi connectivity index (χ3n) is 4.15. The molecule has 1 atom stereocenters. The van der Waals surface area contributed by atoms with E-state index < -0.39 is 27.7 Å². The van der Waals surface area contributed by atoms with E-state index in [1.54, 1.807) is 30.3 Å². The smallest absolute Gasteiger partial charge is 0.486 e. The van der Waals surface area contributed by atoms with Gasteiger partial charge in [-0.05, 0) is 30.9 Å². The van der Waals surface area contributed by atoms with Crippen LogP contribution in [0.15, 0.2) is 47.5 Å². The molecule has 2 aromatic rings. The highest BCUT2D eigenvalue weighted by atomic mass is 32.2. The third kappa shape index (κ3) is 6.66. The van der Waals surface area contributed by atoms with E-state index >= 15 is 0 Å². The molecule has 164 valence electrons. The van der Waals surface area contributed by atoms with Crippen LogP contribution >= 0.6 is 0 Å². The molecule has 1 fully saturated rings. The zero-order chi connectivity index (χ0) is 21.6. The van der Waals surface area contributed by atoms with Crippen molar-refractivity contribution in [1.82, 2.24) is 4.98 Å². The molecule has 1 aromatic heterocycles. The lowest BCUT2D eigenvalue weighted by Crippen LogP contribution is -2.23. The Morgan fingerprint density at radius 1 is 1.13 bits per heavy atom. The molecule has 1 saturated heterocycles. The summed E-state index contributed by atoms with van der Waals surface area (Å²) in [5.41, 5.74) is 0.792. The van der Waals surface area contributed by atoms with E-state index in [1.165, 1.54) is 0 Å². The minimum Gasteiger partial charge on any atom is -0.486 e. The average Bonchev–Trinajstić information content (AvgIpc) is 2.71. The molecule has 1 aromatic carbocycles. The minimum absolute atomic E-state index is 0.0666. The van der Waals surface area contributed by atoms with Crippen LogP contribution in [0.5, 0.6) is 5.75 Å². The first kappa shape index (κ1) is 22.5. The molecule has 30 heavy (non-hydrogen) atoms. The van der Waals surface area contributed by atoms with E-state index in [9.17, 15) is 21.6 Å². The van der Waals surface area contributed by atoms with Gasteiger partial charge in [0.2, 0.25) is 0 Å². The van der Waals surface area contributed by atoms with Gasteiger partial charge in [-0.1, -0.05) is 30.3 Å². The molecule has 1 aliphatic rings. The first-order valence-corrected chi connectivity index (χ1v) is 10.5. The van der Waals surface area contributed by atoms with Crippen LogP contribution < -0.4 is 4.74 Å². The summed E-state index contributed by atoms with van der Waals surface area (Å²) in [4.78, 5) is 3.26. The second kappa shape index (κ2) is 9.73. The lowest BCUT2D eigenvalue weighted by atomic mass is 10.2. The molecule has 3 rings (SSSR count). The van der Waals surface area contributed by atoms with Crippen molar-refractivity contribution in [1.29, 1.82) is 0 Å². The third-order valence-corrected chi connectivity index (χ3v) is 5.42. The number of alkyl halides is 3. The van der Waals surface area contributed by atoms with Gasteiger partial charge in [0.1, 0.15) is 11.5 Å². The SMILES string of the molecule is O=S(=O)(OC(F)(F)F)c1cc(COC2CCCCO2)ncc1OCc1ccccc1. The number of hydrogen-bond donors (Lipinski definition) is 0. The Bertz CT molecular complexity index is 931. The molecule has 0 radical (unpaired) electrons. The van der Waals surface area contributed by atoms with Gasteiger partial charge in [0.05, 0.1) is 18.5 Å². The number of benzene rings is 1. The van der Waals surface area contributed by atoms with Gasteiger partial charge in [-0.3, -0.25) is 4.98 Å². The summed E-state index contributed by atoms with van der Waals surface area (Å²) in [6.45, 7) is 0.338. The number of halogens is 3. The number of pyridine rings is 1. The minimum atomic E-state index is -5.38. The fraction of sp³-hybridized carbons (Fsp3) is 0.421. The molecule has 0 bridgehead atoms. The van der Waals surface area contributed by atoms with Crippen LogP contribution in [-0.2, 0) is 37.0 Å². The summed E-state index contributed by atoms with van der Waals surface area (Å²) in [5.74, 6) is -0.360. The van der Waals surface area contributed by atoms with E-state index in [1.807, 2.05) is 0 Å². The van der Waals surface area contributed by atoms with E-state index in [4.69, 9.17) is 14.2 Å². The van der Waals surface area contributed by atoms with Crippen molar-refractivity contribution >= 4 is 10.1 Å². The molecule has 0 aliphatic carbocycles. The Kier molecular flexibility index (Phi) is 7.29. The Labute approximate surface area is 171 Å². The summed E-state index contributed by atoms with van der Waals surface area (Å²) in [5, 5.41) is 0. The molecule has 0 saturated carbocycles. The molecule has 7 nitrogen and oxygen atoms in total. The largest absolute Gasteiger partial charge is 0.537 e. The Hall–Kier alpha value is -2.21. The first-order valence-electron chi connectivity index (χ1n) is 9.14. The molecule has 0 amide bonds. The van der Waals surface area contributed by atoms with Gasteiger partial charge in [-0.15, -0.1) is 13.2 Å². The predicted molar refractivity (Wildman–Crippen MR) is 97.7 cm³/mol. The number of hydrogen-bond acceptors (Lipinski definition) is 7. The van der Waals surface area contributed by atoms with Gasteiger partial charge in [0.25, 0.3) is 0 Å². The lowest BCUT2D eigenvalue weighted by molar-refractivity contribution is -0.271. The van der Waals surface area contributed by atoms with Gasteiger partial charge in [0, 0.05) is 6.61 Å². The molecule has 11 heteroatoms. The lowest BCUT2D eigenvalue weighted by Gasteiger charge is -2.22. The Balaban J connectivity index is 1.81. The fourth-order valence-electron chi connectivity index (χ4n) is 2.77. The topological polar surface area (TPSA) is 84.0 Å². The Morgan fingerprint density at radius 3 is 2.57 bits per heavy atom. The molecule has 1 unspecified atom stereocenters. The first-order chi connectivity index (χ1) is 14.2. The van der Waals surface area contributed by atoms with E-state index in [0.29, 0.717) is 18.6 Å². The van der Waals surface area contributed by atoms with E-state index in [-0.39, 0.29) is 24.7 Å². The molecular weight excluding hydrogens is 427 g/mol. The van der Waals surface area contributed by atoms with Gasteiger partial charge in [-0.25, -0.2) is 0 Å². The zero-order valence-electron chi connectivity index (χ0n) is 15.8. The normalized spacial score (nSPS) is 17.6. The maximum Gasteiger partial charge on any atom is 0.537 e. The van der Waals surface area contributed by atoms with Crippen molar-refractivity contribution in [2.75, 3.05) is 6.61 Å². The van der Waals surface area contributed by atoms with Gasteiger partial charge >= 0.3 is 16.5 Å². The van der Waals surface area contributed by atoms with Crippen LogP contribution in [0.3, 0.4) is 0 Å². The summed E-state index contributed by atoms with van der Waals surface area (Å²) >= 11 is 0. The number of rotatable bonds is 8. The fourth-order valence-corrected chi connectivity index (χ4v) is 3.75. The highest BCUT2D eigenvalue weighted by Gasteiger charge is 2.39. The maximum atomic E-state index is 12.6. The monoisotopic (exact) mass is 447 g/mol. The molecule has 1 aliphatic heterocycles. The van der Waals surface area contributed by atoms with Crippen LogP contribution in [0.2, 0.25) is 0 Å². The number of nitrogens with zero attached hydrogens (tertiary/aromatic N) is 1. The van der Waals surface area contributed by atoms with Crippen LogP contribution in [0.4, 0.5) is 13.2 Å². The molecule has 0 spiro atoms. The summed E-state index contributed by atoms with van der Waals surface area (Å²) in [6, 6.07) is 9.66. The van der Waals surface area contributed by atoms with E-state index in [2.05, 4.69) is 9.17 Å². The van der Waals surface area contributed by atoms with Gasteiger partial charge in [0.15, 0.2) is 12.0 Å². The number of ether oxygens (including phenoxy) is 3. The second-order valence-corrected chi connectivity index (χ2v) is 8.00. The highest BCUT2D eigenvalue weighted by Crippen LogP contribution is 2.31. The quantitative estimate of drug-likeness (QED) is 0.567. The molecular formula is C19H20F3NO6S. The Morgan fingerprint density at radius 2 is 1.90 bits per heavy atom. The van der Waals surface area contributed by atoms with Gasteiger partial charge < -0.3 is 14.2 Å². The standard InChI is InChI=1S/C19H20F3NO6S/c20-19(21,22)29-30(24,25)17-10-15(13-28-18-8-4-5-9-26-18)23-11-16(17)27-12-14-6-2-1-3-7-14/h1-3,6-7,10-11,18H,4-5,8-9,12-13H2. The average molecular weight is 447 g/mol. The van der Waals surface area contributed by atoms with Crippen molar-refractivity contribution in [2.24, 2.45) is 0 Å². The van der Waals surface area contributed by atoms with E-state index in [0.717, 1.165) is 25.1 Å². The summed E-state index contributed by atoms with van der Waals surface area (Å²) in [7, 11) is -5.20. The van der Waals surface area contributed by atoms with Crippen LogP contribution in [0, 0.1) is 0 Å². The van der Waals surface area contributed by atoms with Gasteiger partial charge in [-0.2, -0.15) is 12.6 Å². The summed E-state index contributed by atoms with van der Waals surface area (Å²) in [6.07, 6.45) is -2.31. The maximum absolute atomic E-state index is 12.6. The van der Waals surface area contributed by atoms with Crippen molar-refractivity contribution in [2.45, 2.75) is 50.0 Å². The predicted octanol–water partition coefficient (Wildman–Crippen LogP) is 3.93. The van der Waals surface area contributed by atoms with Crippen LogP contribution in [0.1, 0.15) is 30.5 Å². The van der Waals surface area contributed by atoms with Crippen molar-refractivity contribution in [3.05, 3.63) is 53.9 Å². The van der Waals surface area contributed by atoms with Crippen molar-refractivity contribution in [3.8, 4) is 5.75 Å². The van der Waals surface area contributed by atoms with Crippen molar-refractivity contribution in [3.63, 3.8) is 0 Å². The molecule has 2 heterocycles. The summed E-state index contributed by atoms with van der Waals surface area (Å²) < 4.78 is 82.0. The molecule has 0 N–H and O–H groups in total. The van der Waals surface area contributed by atoms with Crippen molar-refractivity contribution < 1.29 is 40.0 Å². The second-order valence-electron chi connectivity index (χ2n) is 6.49. The van der Waals surface area contributed by atoms with Crippen LogP contribution in [-0.4, -0.2) is 32.7 Å². The van der Waals surface area contributed by atoms with Crippen LogP contribution in [0.25, 0.3) is 0 Å². The number of aromatic nitrogens is 1.